The molecular formula is C13H29NO2. The van der Waals surface area contributed by atoms with E-state index in [1.54, 1.807) is 0 Å². The molecular weight excluding hydrogens is 202 g/mol. The lowest BCUT2D eigenvalue weighted by molar-refractivity contribution is -0.141. The van der Waals surface area contributed by atoms with E-state index in [1.165, 1.54) is 25.8 Å². The van der Waals surface area contributed by atoms with Crippen LogP contribution in [0.4, 0.5) is 0 Å². The lowest BCUT2D eigenvalue weighted by Gasteiger charge is -2.21. The molecule has 0 aliphatic carbocycles. The number of hydrogen-bond acceptors (Lipinski definition) is 3. The maximum Gasteiger partial charge on any atom is 0.158 e. The summed E-state index contributed by atoms with van der Waals surface area (Å²) in [6.07, 6.45) is 4.84. The van der Waals surface area contributed by atoms with Crippen molar-refractivity contribution >= 4 is 0 Å². The van der Waals surface area contributed by atoms with Crippen LogP contribution in [-0.2, 0) is 9.47 Å². The molecule has 0 atom stereocenters. The number of hydrogen-bond donors (Lipinski definition) is 0. The van der Waals surface area contributed by atoms with E-state index in [0.29, 0.717) is 0 Å². The summed E-state index contributed by atoms with van der Waals surface area (Å²) in [5, 5.41) is 0. The summed E-state index contributed by atoms with van der Waals surface area (Å²) in [5.74, 6) is 0. The highest BCUT2D eigenvalue weighted by Gasteiger charge is 2.08. The van der Waals surface area contributed by atoms with Crippen molar-refractivity contribution in [1.29, 1.82) is 0 Å². The van der Waals surface area contributed by atoms with Crippen molar-refractivity contribution in [3.8, 4) is 0 Å². The van der Waals surface area contributed by atoms with Gasteiger partial charge in [0.15, 0.2) is 6.29 Å². The molecule has 0 amide bonds. The fourth-order valence-corrected chi connectivity index (χ4v) is 1.66. The molecule has 0 aromatic rings. The van der Waals surface area contributed by atoms with Crippen LogP contribution in [0.25, 0.3) is 0 Å². The van der Waals surface area contributed by atoms with Gasteiger partial charge in [-0.25, -0.2) is 0 Å². The Morgan fingerprint density at radius 1 is 0.938 bits per heavy atom. The van der Waals surface area contributed by atoms with Crippen LogP contribution in [0.3, 0.4) is 0 Å². The second-order valence-electron chi connectivity index (χ2n) is 4.14. The second kappa shape index (κ2) is 11.4. The van der Waals surface area contributed by atoms with E-state index >= 15 is 0 Å². The Hall–Kier alpha value is -0.120. The molecule has 0 aromatic carbocycles. The van der Waals surface area contributed by atoms with Gasteiger partial charge < -0.3 is 14.4 Å². The van der Waals surface area contributed by atoms with E-state index in [2.05, 4.69) is 18.9 Å². The predicted molar refractivity (Wildman–Crippen MR) is 68.7 cm³/mol. The smallest absolute Gasteiger partial charge is 0.158 e. The van der Waals surface area contributed by atoms with Gasteiger partial charge in [0.05, 0.1) is 0 Å². The van der Waals surface area contributed by atoms with Crippen LogP contribution in [0.5, 0.6) is 0 Å². The van der Waals surface area contributed by atoms with Gasteiger partial charge in [-0.15, -0.1) is 0 Å². The molecule has 0 aliphatic heterocycles. The van der Waals surface area contributed by atoms with Crippen LogP contribution in [0.2, 0.25) is 0 Å². The molecule has 0 fully saturated rings. The third-order valence-corrected chi connectivity index (χ3v) is 2.60. The Kier molecular flexibility index (Phi) is 11.3. The van der Waals surface area contributed by atoms with Gasteiger partial charge in [0.1, 0.15) is 0 Å². The fraction of sp³-hybridized carbons (Fsp3) is 1.00. The van der Waals surface area contributed by atoms with Crippen molar-refractivity contribution in [2.75, 3.05) is 33.4 Å². The average Bonchev–Trinajstić information content (AvgIpc) is 2.27. The summed E-state index contributed by atoms with van der Waals surface area (Å²) < 4.78 is 11.0. The average molecular weight is 231 g/mol. The van der Waals surface area contributed by atoms with E-state index in [-0.39, 0.29) is 6.29 Å². The molecule has 0 saturated carbocycles. The van der Waals surface area contributed by atoms with Crippen LogP contribution in [-0.4, -0.2) is 44.5 Å². The first kappa shape index (κ1) is 15.9. The van der Waals surface area contributed by atoms with Crippen LogP contribution < -0.4 is 0 Å². The highest BCUT2D eigenvalue weighted by molar-refractivity contribution is 4.55. The molecule has 0 bridgehead atoms. The van der Waals surface area contributed by atoms with Crippen LogP contribution in [0.15, 0.2) is 0 Å². The fourth-order valence-electron chi connectivity index (χ4n) is 1.66. The second-order valence-corrected chi connectivity index (χ2v) is 4.14. The van der Waals surface area contributed by atoms with Gasteiger partial charge >= 0.3 is 0 Å². The lowest BCUT2D eigenvalue weighted by atomic mass is 10.2. The Balaban J connectivity index is 3.56. The molecule has 3 heteroatoms. The largest absolute Gasteiger partial charge is 0.353 e. The normalized spacial score (nSPS) is 11.6. The SMILES string of the molecule is CCCCCN(C)CCC(OCC)OCC. The zero-order valence-corrected chi connectivity index (χ0v) is 11.5. The van der Waals surface area contributed by atoms with E-state index in [9.17, 15) is 0 Å². The molecule has 0 rings (SSSR count). The highest BCUT2D eigenvalue weighted by atomic mass is 16.7. The van der Waals surface area contributed by atoms with Crippen molar-refractivity contribution in [3.63, 3.8) is 0 Å². The highest BCUT2D eigenvalue weighted by Crippen LogP contribution is 2.03. The predicted octanol–water partition coefficient (Wildman–Crippen LogP) is 2.90. The zero-order valence-electron chi connectivity index (χ0n) is 11.5. The Labute approximate surface area is 101 Å². The minimum atomic E-state index is -0.0244. The molecule has 16 heavy (non-hydrogen) atoms. The molecule has 0 unspecified atom stereocenters. The maximum absolute atomic E-state index is 5.51. The molecule has 0 heterocycles. The van der Waals surface area contributed by atoms with Crippen molar-refractivity contribution in [3.05, 3.63) is 0 Å². The van der Waals surface area contributed by atoms with Gasteiger partial charge in [0, 0.05) is 26.2 Å². The molecule has 0 aromatic heterocycles. The molecule has 0 N–H and O–H groups in total. The van der Waals surface area contributed by atoms with Crippen molar-refractivity contribution in [2.45, 2.75) is 52.7 Å². The minimum Gasteiger partial charge on any atom is -0.353 e. The number of ether oxygens (including phenoxy) is 2. The monoisotopic (exact) mass is 231 g/mol. The van der Waals surface area contributed by atoms with Crippen LogP contribution in [0, 0.1) is 0 Å². The minimum absolute atomic E-state index is 0.0244. The Morgan fingerprint density at radius 2 is 1.56 bits per heavy atom. The van der Waals surface area contributed by atoms with Crippen molar-refractivity contribution in [1.82, 2.24) is 4.90 Å². The Bertz CT molecular complexity index is 136. The summed E-state index contributed by atoms with van der Waals surface area (Å²) >= 11 is 0. The van der Waals surface area contributed by atoms with Crippen molar-refractivity contribution < 1.29 is 9.47 Å². The standard InChI is InChI=1S/C13H29NO2/c1-5-8-9-11-14(4)12-10-13(15-6-2)16-7-3/h13H,5-12H2,1-4H3. The maximum atomic E-state index is 5.51. The van der Waals surface area contributed by atoms with Gasteiger partial charge in [0.2, 0.25) is 0 Å². The van der Waals surface area contributed by atoms with Gasteiger partial charge in [-0.1, -0.05) is 19.8 Å². The molecule has 0 aliphatic rings. The first-order chi connectivity index (χ1) is 7.74. The number of unbranched alkanes of at least 4 members (excludes halogenated alkanes) is 2. The molecule has 0 saturated heterocycles. The topological polar surface area (TPSA) is 21.7 Å². The summed E-state index contributed by atoms with van der Waals surface area (Å²) in [6, 6.07) is 0. The van der Waals surface area contributed by atoms with E-state index in [1.807, 2.05) is 13.8 Å². The molecule has 0 spiro atoms. The van der Waals surface area contributed by atoms with E-state index < -0.39 is 0 Å². The number of rotatable bonds is 11. The third-order valence-electron chi connectivity index (χ3n) is 2.60. The summed E-state index contributed by atoms with van der Waals surface area (Å²) in [5.41, 5.74) is 0. The van der Waals surface area contributed by atoms with Gasteiger partial charge in [-0.2, -0.15) is 0 Å². The first-order valence-electron chi connectivity index (χ1n) is 6.66. The lowest BCUT2D eigenvalue weighted by Crippen LogP contribution is -2.27. The van der Waals surface area contributed by atoms with Gasteiger partial charge in [-0.3, -0.25) is 0 Å². The molecule has 0 radical (unpaired) electrons. The first-order valence-corrected chi connectivity index (χ1v) is 6.66. The van der Waals surface area contributed by atoms with Gasteiger partial charge in [-0.05, 0) is 33.9 Å². The number of nitrogens with zero attached hydrogens (tertiary/aromatic N) is 1. The quantitative estimate of drug-likeness (QED) is 0.403. The van der Waals surface area contributed by atoms with Crippen molar-refractivity contribution in [2.24, 2.45) is 0 Å². The third kappa shape index (κ3) is 9.13. The van der Waals surface area contributed by atoms with Crippen LogP contribution >= 0.6 is 0 Å². The van der Waals surface area contributed by atoms with E-state index in [0.717, 1.165) is 26.2 Å². The van der Waals surface area contributed by atoms with Gasteiger partial charge in [0.25, 0.3) is 0 Å². The molecule has 3 nitrogen and oxygen atoms in total. The molecule has 98 valence electrons. The summed E-state index contributed by atoms with van der Waals surface area (Å²) in [6.45, 7) is 9.94. The summed E-state index contributed by atoms with van der Waals surface area (Å²) in [7, 11) is 2.17. The Morgan fingerprint density at radius 3 is 2.06 bits per heavy atom. The summed E-state index contributed by atoms with van der Waals surface area (Å²) in [4.78, 5) is 2.36. The zero-order chi connectivity index (χ0) is 12.2. The van der Waals surface area contributed by atoms with E-state index in [4.69, 9.17) is 9.47 Å². The van der Waals surface area contributed by atoms with Crippen LogP contribution in [0.1, 0.15) is 46.5 Å².